The fraction of sp³-hybridized carbons (Fsp3) is 0.273. The summed E-state index contributed by atoms with van der Waals surface area (Å²) >= 11 is 1.41. The number of urea groups is 1. The molecule has 0 atom stereocenters. The van der Waals surface area contributed by atoms with Gasteiger partial charge in [0.25, 0.3) is 5.91 Å². The van der Waals surface area contributed by atoms with E-state index >= 15 is 0 Å². The lowest BCUT2D eigenvalue weighted by Crippen LogP contribution is -2.30. The van der Waals surface area contributed by atoms with E-state index in [0.717, 1.165) is 11.3 Å². The summed E-state index contributed by atoms with van der Waals surface area (Å²) in [6.07, 6.45) is 1.60. The zero-order valence-electron chi connectivity index (χ0n) is 17.6. The highest BCUT2D eigenvalue weighted by Gasteiger charge is 2.21. The number of amides is 3. The molecule has 1 N–H and O–H groups in total. The van der Waals surface area contributed by atoms with Crippen molar-refractivity contribution < 1.29 is 14.0 Å². The second kappa shape index (κ2) is 9.49. The summed E-state index contributed by atoms with van der Waals surface area (Å²) in [6.45, 7) is 0.724. The van der Waals surface area contributed by atoms with E-state index in [2.05, 4.69) is 5.32 Å². The smallest absolute Gasteiger partial charge is 0.321 e. The van der Waals surface area contributed by atoms with Crippen LogP contribution in [-0.2, 0) is 13.1 Å². The zero-order valence-corrected chi connectivity index (χ0v) is 18.4. The maximum atomic E-state index is 13.2. The highest BCUT2D eigenvalue weighted by Crippen LogP contribution is 2.26. The molecule has 0 spiro atoms. The number of thiophene rings is 1. The Bertz CT molecular complexity index is 982. The number of furan rings is 1. The number of rotatable bonds is 7. The fourth-order valence-corrected chi connectivity index (χ4v) is 3.70. The van der Waals surface area contributed by atoms with Gasteiger partial charge in [-0.15, -0.1) is 11.3 Å². The molecule has 30 heavy (non-hydrogen) atoms. The van der Waals surface area contributed by atoms with E-state index in [0.29, 0.717) is 29.4 Å². The van der Waals surface area contributed by atoms with Gasteiger partial charge in [-0.3, -0.25) is 4.79 Å². The summed E-state index contributed by atoms with van der Waals surface area (Å²) in [7, 11) is 7.29. The van der Waals surface area contributed by atoms with Crippen LogP contribution < -0.4 is 10.2 Å². The van der Waals surface area contributed by atoms with Gasteiger partial charge in [-0.05, 0) is 47.3 Å². The summed E-state index contributed by atoms with van der Waals surface area (Å²) < 4.78 is 5.49. The molecule has 0 aliphatic rings. The molecule has 0 aliphatic heterocycles. The first-order chi connectivity index (χ1) is 14.3. The minimum absolute atomic E-state index is 0.0613. The molecular weight excluding hydrogens is 400 g/mol. The van der Waals surface area contributed by atoms with Crippen molar-refractivity contribution in [3.05, 3.63) is 70.3 Å². The van der Waals surface area contributed by atoms with E-state index < -0.39 is 0 Å². The summed E-state index contributed by atoms with van der Waals surface area (Å²) in [4.78, 5) is 31.1. The van der Waals surface area contributed by atoms with Crippen molar-refractivity contribution >= 4 is 34.6 Å². The minimum atomic E-state index is -0.208. The van der Waals surface area contributed by atoms with Crippen LogP contribution in [0.2, 0.25) is 0 Å². The Morgan fingerprint density at radius 1 is 1.03 bits per heavy atom. The normalized spacial score (nSPS) is 10.5. The molecule has 3 amide bonds. The van der Waals surface area contributed by atoms with Gasteiger partial charge >= 0.3 is 6.03 Å². The third-order valence-electron chi connectivity index (χ3n) is 4.53. The molecule has 7 nitrogen and oxygen atoms in total. The van der Waals surface area contributed by atoms with Gasteiger partial charge in [0.2, 0.25) is 0 Å². The van der Waals surface area contributed by atoms with Crippen LogP contribution in [0.1, 0.15) is 21.0 Å². The first-order valence-corrected chi connectivity index (χ1v) is 10.4. The van der Waals surface area contributed by atoms with E-state index in [1.807, 2.05) is 66.8 Å². The molecule has 0 bridgehead atoms. The molecule has 0 aliphatic carbocycles. The van der Waals surface area contributed by atoms with Gasteiger partial charge in [-0.2, -0.15) is 0 Å². The van der Waals surface area contributed by atoms with Crippen LogP contribution in [0.5, 0.6) is 0 Å². The van der Waals surface area contributed by atoms with Crippen LogP contribution in [0.3, 0.4) is 0 Å². The van der Waals surface area contributed by atoms with Crippen molar-refractivity contribution in [1.82, 2.24) is 9.80 Å². The molecule has 8 heteroatoms. The molecule has 2 aromatic heterocycles. The quantitative estimate of drug-likeness (QED) is 0.610. The predicted molar refractivity (Wildman–Crippen MR) is 120 cm³/mol. The molecular formula is C22H26N4O3S. The van der Waals surface area contributed by atoms with E-state index in [-0.39, 0.29) is 11.9 Å². The van der Waals surface area contributed by atoms with Gasteiger partial charge in [-0.1, -0.05) is 6.07 Å². The Morgan fingerprint density at radius 2 is 1.83 bits per heavy atom. The van der Waals surface area contributed by atoms with Crippen molar-refractivity contribution in [1.29, 1.82) is 0 Å². The number of anilines is 2. The van der Waals surface area contributed by atoms with Crippen molar-refractivity contribution in [2.45, 2.75) is 13.1 Å². The van der Waals surface area contributed by atoms with Crippen molar-refractivity contribution in [2.75, 3.05) is 38.4 Å². The van der Waals surface area contributed by atoms with Crippen molar-refractivity contribution in [3.63, 3.8) is 0 Å². The van der Waals surface area contributed by atoms with Gasteiger partial charge in [0, 0.05) is 46.1 Å². The highest BCUT2D eigenvalue weighted by molar-refractivity contribution is 7.12. The highest BCUT2D eigenvalue weighted by atomic mass is 32.1. The predicted octanol–water partition coefficient (Wildman–Crippen LogP) is 4.34. The Kier molecular flexibility index (Phi) is 6.79. The van der Waals surface area contributed by atoms with Gasteiger partial charge in [0.1, 0.15) is 5.76 Å². The van der Waals surface area contributed by atoms with Crippen LogP contribution in [-0.4, -0.2) is 49.9 Å². The monoisotopic (exact) mass is 426 g/mol. The molecule has 3 aromatic rings. The number of hydrogen-bond acceptors (Lipinski definition) is 5. The first kappa shape index (κ1) is 21.4. The Labute approximate surface area is 180 Å². The third-order valence-corrected chi connectivity index (χ3v) is 5.38. The second-order valence-corrected chi connectivity index (χ2v) is 8.23. The number of nitrogens with zero attached hydrogens (tertiary/aromatic N) is 3. The van der Waals surface area contributed by atoms with Gasteiger partial charge < -0.3 is 24.4 Å². The topological polar surface area (TPSA) is 69.0 Å². The molecule has 1 aromatic carbocycles. The molecule has 0 unspecified atom stereocenters. The third kappa shape index (κ3) is 5.21. The lowest BCUT2D eigenvalue weighted by atomic mass is 10.1. The summed E-state index contributed by atoms with van der Waals surface area (Å²) in [5.41, 5.74) is 2.57. The summed E-state index contributed by atoms with van der Waals surface area (Å²) in [6, 6.07) is 12.9. The molecule has 158 valence electrons. The Morgan fingerprint density at radius 3 is 2.43 bits per heavy atom. The van der Waals surface area contributed by atoms with Gasteiger partial charge in [-0.25, -0.2) is 4.79 Å². The molecule has 0 radical (unpaired) electrons. The number of nitrogens with one attached hydrogen (secondary N) is 1. The SMILES string of the molecule is CN(C)C(=O)Nc1ccc(N(C)C)c(CN(Cc2ccco2)C(=O)c2cccs2)c1. The summed E-state index contributed by atoms with van der Waals surface area (Å²) in [5.74, 6) is 0.650. The average Bonchev–Trinajstić information content (AvgIpc) is 3.41. The maximum Gasteiger partial charge on any atom is 0.321 e. The molecule has 3 rings (SSSR count). The Hall–Kier alpha value is -3.26. The van der Waals surface area contributed by atoms with Crippen LogP contribution >= 0.6 is 11.3 Å². The van der Waals surface area contributed by atoms with Crippen LogP contribution in [0.4, 0.5) is 16.2 Å². The summed E-state index contributed by atoms with van der Waals surface area (Å²) in [5, 5.41) is 4.76. The second-order valence-electron chi connectivity index (χ2n) is 7.28. The average molecular weight is 427 g/mol. The van der Waals surface area contributed by atoms with Crippen molar-refractivity contribution in [2.24, 2.45) is 0 Å². The van der Waals surface area contributed by atoms with Crippen molar-refractivity contribution in [3.8, 4) is 0 Å². The van der Waals surface area contributed by atoms with E-state index in [4.69, 9.17) is 4.42 Å². The molecule has 0 saturated carbocycles. The standard InChI is InChI=1S/C22H26N4O3S/c1-24(2)19-10-9-17(23-22(28)25(3)4)13-16(19)14-26(15-18-7-5-11-29-18)21(27)20-8-6-12-30-20/h5-13H,14-15H2,1-4H3,(H,23,28). The number of hydrogen-bond donors (Lipinski definition) is 1. The lowest BCUT2D eigenvalue weighted by Gasteiger charge is -2.25. The number of benzene rings is 1. The lowest BCUT2D eigenvalue weighted by molar-refractivity contribution is 0.0723. The fourth-order valence-electron chi connectivity index (χ4n) is 3.01. The van der Waals surface area contributed by atoms with Crippen LogP contribution in [0, 0.1) is 0 Å². The van der Waals surface area contributed by atoms with Gasteiger partial charge in [0.15, 0.2) is 0 Å². The van der Waals surface area contributed by atoms with Gasteiger partial charge in [0.05, 0.1) is 17.7 Å². The van der Waals surface area contributed by atoms with E-state index in [1.165, 1.54) is 16.2 Å². The minimum Gasteiger partial charge on any atom is -0.467 e. The zero-order chi connectivity index (χ0) is 21.7. The van der Waals surface area contributed by atoms with E-state index in [1.54, 1.807) is 25.3 Å². The van der Waals surface area contributed by atoms with E-state index in [9.17, 15) is 9.59 Å². The van der Waals surface area contributed by atoms with Crippen LogP contribution in [0.15, 0.2) is 58.5 Å². The molecule has 0 saturated heterocycles. The Balaban J connectivity index is 1.92. The maximum absolute atomic E-state index is 13.2. The van der Waals surface area contributed by atoms with Crippen LogP contribution in [0.25, 0.3) is 0 Å². The number of carbonyl (C=O) groups is 2. The molecule has 2 heterocycles. The first-order valence-electron chi connectivity index (χ1n) is 9.49. The largest absolute Gasteiger partial charge is 0.467 e. The number of carbonyl (C=O) groups excluding carboxylic acids is 2. The molecule has 0 fully saturated rings.